The fourth-order valence-corrected chi connectivity index (χ4v) is 3.50. The molecule has 0 saturated carbocycles. The van der Waals surface area contributed by atoms with Gasteiger partial charge in [0.05, 0.1) is 12.2 Å². The summed E-state index contributed by atoms with van der Waals surface area (Å²) in [5.74, 6) is 0.336. The van der Waals surface area contributed by atoms with Gasteiger partial charge in [-0.1, -0.05) is 63.2 Å². The van der Waals surface area contributed by atoms with Crippen molar-refractivity contribution in [1.82, 2.24) is 0 Å². The van der Waals surface area contributed by atoms with Crippen LogP contribution in [-0.4, -0.2) is 12.2 Å². The summed E-state index contributed by atoms with van der Waals surface area (Å²) < 4.78 is 6.15. The summed E-state index contributed by atoms with van der Waals surface area (Å²) in [5.41, 5.74) is 7.10. The van der Waals surface area contributed by atoms with Crippen molar-refractivity contribution in [2.75, 3.05) is 6.61 Å². The van der Waals surface area contributed by atoms with Crippen molar-refractivity contribution in [1.29, 1.82) is 0 Å². The van der Waals surface area contributed by atoms with E-state index in [2.05, 4.69) is 84.0 Å². The minimum atomic E-state index is -0.112. The Kier molecular flexibility index (Phi) is 3.88. The molecule has 0 bridgehead atoms. The molecule has 2 aromatic rings. The van der Waals surface area contributed by atoms with Crippen LogP contribution in [0.1, 0.15) is 64.2 Å². The molecule has 3 rings (SSSR count). The van der Waals surface area contributed by atoms with E-state index in [1.165, 1.54) is 27.8 Å². The molecule has 1 atom stereocenters. The van der Waals surface area contributed by atoms with E-state index in [0.29, 0.717) is 5.92 Å². The lowest BCUT2D eigenvalue weighted by Gasteiger charge is -2.25. The Morgan fingerprint density at radius 2 is 1.48 bits per heavy atom. The number of hydrogen-bond acceptors (Lipinski definition) is 1. The van der Waals surface area contributed by atoms with E-state index in [1.54, 1.807) is 0 Å². The van der Waals surface area contributed by atoms with E-state index in [1.807, 2.05) is 0 Å². The van der Waals surface area contributed by atoms with E-state index in [4.69, 9.17) is 4.74 Å². The molecule has 0 fully saturated rings. The molecule has 23 heavy (non-hydrogen) atoms. The van der Waals surface area contributed by atoms with Crippen LogP contribution in [0.2, 0.25) is 0 Å². The van der Waals surface area contributed by atoms with Gasteiger partial charge < -0.3 is 4.74 Å². The fraction of sp³-hybridized carbons (Fsp3) is 0.455. The van der Waals surface area contributed by atoms with E-state index in [9.17, 15) is 0 Å². The second kappa shape index (κ2) is 5.49. The maximum atomic E-state index is 6.15. The number of ether oxygens (including phenoxy) is 1. The quantitative estimate of drug-likeness (QED) is 0.670. The highest BCUT2D eigenvalue weighted by Gasteiger charge is 2.33. The summed E-state index contributed by atoms with van der Waals surface area (Å²) in [7, 11) is 0. The summed E-state index contributed by atoms with van der Waals surface area (Å²) in [5, 5.41) is 0. The number of benzene rings is 2. The van der Waals surface area contributed by atoms with Gasteiger partial charge in [0.2, 0.25) is 0 Å². The molecule has 0 aliphatic heterocycles. The Morgan fingerprint density at radius 1 is 0.826 bits per heavy atom. The van der Waals surface area contributed by atoms with Crippen molar-refractivity contribution in [3.63, 3.8) is 0 Å². The van der Waals surface area contributed by atoms with Crippen LogP contribution in [0.5, 0.6) is 0 Å². The summed E-state index contributed by atoms with van der Waals surface area (Å²) in [4.78, 5) is 0. The van der Waals surface area contributed by atoms with Gasteiger partial charge in [-0.2, -0.15) is 0 Å². The highest BCUT2D eigenvalue weighted by atomic mass is 16.5. The van der Waals surface area contributed by atoms with Crippen LogP contribution in [0.15, 0.2) is 42.5 Å². The first-order valence-corrected chi connectivity index (χ1v) is 8.55. The predicted octanol–water partition coefficient (Wildman–Crippen LogP) is 5.91. The van der Waals surface area contributed by atoms with Gasteiger partial charge >= 0.3 is 0 Å². The molecule has 1 aliphatic rings. The first-order chi connectivity index (χ1) is 10.7. The lowest BCUT2D eigenvalue weighted by molar-refractivity contribution is -0.00627. The lowest BCUT2D eigenvalue weighted by Crippen LogP contribution is -2.22. The van der Waals surface area contributed by atoms with E-state index in [-0.39, 0.29) is 11.0 Å². The van der Waals surface area contributed by atoms with Crippen molar-refractivity contribution < 1.29 is 4.74 Å². The standard InChI is InChI=1S/C22H28O/c1-21(2,3)19-13-9-12-17-18(14-23-22(4,5)6)15-10-7-8-11-16(15)20(17)19/h7-13,18H,14H2,1-6H3. The molecule has 2 aromatic carbocycles. The smallest absolute Gasteiger partial charge is 0.0598 e. The fourth-order valence-electron chi connectivity index (χ4n) is 3.50. The molecule has 0 saturated heterocycles. The first kappa shape index (κ1) is 16.3. The largest absolute Gasteiger partial charge is 0.375 e. The third-order valence-corrected chi connectivity index (χ3v) is 4.57. The molecule has 0 aromatic heterocycles. The number of rotatable bonds is 2. The Balaban J connectivity index is 2.13. The zero-order valence-electron chi connectivity index (χ0n) is 15.2. The molecular weight excluding hydrogens is 280 g/mol. The molecule has 0 heterocycles. The van der Waals surface area contributed by atoms with Crippen LogP contribution in [0, 0.1) is 0 Å². The van der Waals surface area contributed by atoms with Gasteiger partial charge in [-0.25, -0.2) is 0 Å². The van der Waals surface area contributed by atoms with Gasteiger partial charge in [-0.05, 0) is 54.0 Å². The Morgan fingerprint density at radius 3 is 2.13 bits per heavy atom. The second-order valence-corrected chi connectivity index (χ2v) is 8.58. The lowest BCUT2D eigenvalue weighted by atomic mass is 9.81. The van der Waals surface area contributed by atoms with Gasteiger partial charge in [0, 0.05) is 5.92 Å². The first-order valence-electron chi connectivity index (χ1n) is 8.55. The normalized spacial score (nSPS) is 17.0. The summed E-state index contributed by atoms with van der Waals surface area (Å²) in [6.07, 6.45) is 0. The zero-order chi connectivity index (χ0) is 16.8. The molecular formula is C22H28O. The molecule has 1 aliphatic carbocycles. The third-order valence-electron chi connectivity index (χ3n) is 4.57. The van der Waals surface area contributed by atoms with E-state index in [0.717, 1.165) is 6.61 Å². The van der Waals surface area contributed by atoms with Gasteiger partial charge in [-0.15, -0.1) is 0 Å². The minimum Gasteiger partial charge on any atom is -0.375 e. The summed E-state index contributed by atoms with van der Waals surface area (Å²) in [6, 6.07) is 15.6. The Bertz CT molecular complexity index is 713. The summed E-state index contributed by atoms with van der Waals surface area (Å²) >= 11 is 0. The van der Waals surface area contributed by atoms with Gasteiger partial charge in [0.1, 0.15) is 0 Å². The third kappa shape index (κ3) is 3.07. The van der Waals surface area contributed by atoms with Gasteiger partial charge in [-0.3, -0.25) is 0 Å². The molecule has 1 nitrogen and oxygen atoms in total. The van der Waals surface area contributed by atoms with Crippen LogP contribution < -0.4 is 0 Å². The van der Waals surface area contributed by atoms with Crippen molar-refractivity contribution in [3.05, 3.63) is 59.2 Å². The van der Waals surface area contributed by atoms with Crippen molar-refractivity contribution in [2.45, 2.75) is 58.5 Å². The van der Waals surface area contributed by atoms with Crippen molar-refractivity contribution in [2.24, 2.45) is 0 Å². The van der Waals surface area contributed by atoms with Crippen LogP contribution in [0.4, 0.5) is 0 Å². The van der Waals surface area contributed by atoms with Crippen LogP contribution in [0.25, 0.3) is 11.1 Å². The molecule has 0 amide bonds. The van der Waals surface area contributed by atoms with E-state index >= 15 is 0 Å². The monoisotopic (exact) mass is 308 g/mol. The zero-order valence-corrected chi connectivity index (χ0v) is 15.2. The number of fused-ring (bicyclic) bond motifs is 3. The minimum absolute atomic E-state index is 0.112. The summed E-state index contributed by atoms with van der Waals surface area (Å²) in [6.45, 7) is 14.0. The van der Waals surface area contributed by atoms with Crippen molar-refractivity contribution >= 4 is 0 Å². The molecule has 122 valence electrons. The SMILES string of the molecule is CC(C)(C)OCC1c2ccccc2-c2c1cccc2C(C)(C)C. The molecule has 0 radical (unpaired) electrons. The average Bonchev–Trinajstić information content (AvgIpc) is 2.77. The maximum Gasteiger partial charge on any atom is 0.0598 e. The number of hydrogen-bond donors (Lipinski definition) is 0. The average molecular weight is 308 g/mol. The maximum absolute atomic E-state index is 6.15. The molecule has 0 N–H and O–H groups in total. The molecule has 1 unspecified atom stereocenters. The van der Waals surface area contributed by atoms with Gasteiger partial charge in [0.25, 0.3) is 0 Å². The molecule has 0 spiro atoms. The topological polar surface area (TPSA) is 9.23 Å². The molecule has 1 heteroatoms. The van der Waals surface area contributed by atoms with E-state index < -0.39 is 0 Å². The van der Waals surface area contributed by atoms with Crippen molar-refractivity contribution in [3.8, 4) is 11.1 Å². The highest BCUT2D eigenvalue weighted by Crippen LogP contribution is 2.49. The Hall–Kier alpha value is -1.60. The highest BCUT2D eigenvalue weighted by molar-refractivity contribution is 5.82. The Labute approximate surface area is 140 Å². The van der Waals surface area contributed by atoms with Crippen LogP contribution in [-0.2, 0) is 10.2 Å². The predicted molar refractivity (Wildman–Crippen MR) is 98.1 cm³/mol. The van der Waals surface area contributed by atoms with Gasteiger partial charge in [0.15, 0.2) is 0 Å². The second-order valence-electron chi connectivity index (χ2n) is 8.58. The van der Waals surface area contributed by atoms with Crippen LogP contribution in [0.3, 0.4) is 0 Å². The van der Waals surface area contributed by atoms with Crippen LogP contribution >= 0.6 is 0 Å².